The topological polar surface area (TPSA) is 66.4 Å². The van der Waals surface area contributed by atoms with E-state index in [4.69, 9.17) is 5.11 Å². The largest absolute Gasteiger partial charge is 0.478 e. The number of carboxylic acids is 1. The van der Waals surface area contributed by atoms with Crippen molar-refractivity contribution in [1.29, 1.82) is 0 Å². The third-order valence-electron chi connectivity index (χ3n) is 2.98. The van der Waals surface area contributed by atoms with Crippen LogP contribution in [0.3, 0.4) is 0 Å². The highest BCUT2D eigenvalue weighted by Crippen LogP contribution is 2.26. The van der Waals surface area contributed by atoms with Crippen molar-refractivity contribution in [1.82, 2.24) is 0 Å². The van der Waals surface area contributed by atoms with Crippen molar-refractivity contribution in [2.24, 2.45) is 11.3 Å². The maximum absolute atomic E-state index is 13.5. The number of carbonyl (C=O) groups excluding carboxylic acids is 1. The highest BCUT2D eigenvalue weighted by Gasteiger charge is 2.18. The summed E-state index contributed by atoms with van der Waals surface area (Å²) in [5.74, 6) is -2.17. The molecule has 0 aromatic heterocycles. The predicted molar refractivity (Wildman–Crippen MR) is 79.8 cm³/mol. The van der Waals surface area contributed by atoms with Crippen LogP contribution in [0.2, 0.25) is 0 Å². The maximum atomic E-state index is 13.5. The van der Waals surface area contributed by atoms with Crippen LogP contribution < -0.4 is 5.32 Å². The summed E-state index contributed by atoms with van der Waals surface area (Å²) in [4.78, 5) is 22.6. The van der Waals surface area contributed by atoms with Crippen LogP contribution >= 0.6 is 0 Å². The number of rotatable bonds is 5. The minimum atomic E-state index is -1.33. The second-order valence-electron chi connectivity index (χ2n) is 6.62. The molecule has 0 heterocycles. The number of hydrogen-bond acceptors (Lipinski definition) is 2. The van der Waals surface area contributed by atoms with E-state index in [2.05, 4.69) is 26.1 Å². The van der Waals surface area contributed by atoms with E-state index in [-0.39, 0.29) is 22.9 Å². The number of aromatic carboxylic acids is 1. The molecule has 1 amide bonds. The molecule has 0 aliphatic rings. The SMILES string of the molecule is CC(CC(=O)Nc1ccc(C(=O)O)c(F)c1)CC(C)(C)C. The van der Waals surface area contributed by atoms with Crippen LogP contribution in [0.4, 0.5) is 10.1 Å². The summed E-state index contributed by atoms with van der Waals surface area (Å²) in [5, 5.41) is 11.3. The number of halogens is 1. The van der Waals surface area contributed by atoms with Gasteiger partial charge in [0.05, 0.1) is 5.56 Å². The smallest absolute Gasteiger partial charge is 0.338 e. The quantitative estimate of drug-likeness (QED) is 0.865. The van der Waals surface area contributed by atoms with Gasteiger partial charge in [-0.05, 0) is 36.0 Å². The Hall–Kier alpha value is -1.91. The predicted octanol–water partition coefficient (Wildman–Crippen LogP) is 3.92. The van der Waals surface area contributed by atoms with Crippen LogP contribution in [0.1, 0.15) is 50.9 Å². The molecule has 4 nitrogen and oxygen atoms in total. The van der Waals surface area contributed by atoms with Crippen molar-refractivity contribution < 1.29 is 19.1 Å². The van der Waals surface area contributed by atoms with Crippen molar-refractivity contribution in [3.63, 3.8) is 0 Å². The number of anilines is 1. The lowest BCUT2D eigenvalue weighted by Crippen LogP contribution is -2.19. The molecule has 1 unspecified atom stereocenters. The molecule has 1 rings (SSSR count). The molecule has 0 aliphatic heterocycles. The zero-order valence-electron chi connectivity index (χ0n) is 12.9. The molecule has 1 atom stereocenters. The lowest BCUT2D eigenvalue weighted by molar-refractivity contribution is -0.117. The Kier molecular flexibility index (Phi) is 5.47. The summed E-state index contributed by atoms with van der Waals surface area (Å²) in [5.41, 5.74) is 0.00846. The Labute approximate surface area is 124 Å². The molecule has 0 saturated heterocycles. The van der Waals surface area contributed by atoms with Crippen LogP contribution in [-0.2, 0) is 4.79 Å². The van der Waals surface area contributed by atoms with Crippen molar-refractivity contribution in [2.75, 3.05) is 5.32 Å². The third kappa shape index (κ3) is 5.94. The van der Waals surface area contributed by atoms with Crippen molar-refractivity contribution in [3.8, 4) is 0 Å². The van der Waals surface area contributed by atoms with Gasteiger partial charge >= 0.3 is 5.97 Å². The maximum Gasteiger partial charge on any atom is 0.338 e. The molecule has 0 saturated carbocycles. The van der Waals surface area contributed by atoms with Gasteiger partial charge in [-0.15, -0.1) is 0 Å². The Balaban J connectivity index is 2.63. The number of benzene rings is 1. The molecule has 21 heavy (non-hydrogen) atoms. The minimum Gasteiger partial charge on any atom is -0.478 e. The summed E-state index contributed by atoms with van der Waals surface area (Å²) in [7, 11) is 0. The first-order valence-electron chi connectivity index (χ1n) is 6.91. The Morgan fingerprint density at radius 2 is 1.95 bits per heavy atom. The van der Waals surface area contributed by atoms with E-state index < -0.39 is 17.3 Å². The van der Waals surface area contributed by atoms with Crippen molar-refractivity contribution in [2.45, 2.75) is 40.5 Å². The van der Waals surface area contributed by atoms with Crippen LogP contribution in [0.15, 0.2) is 18.2 Å². The van der Waals surface area contributed by atoms with Gasteiger partial charge in [-0.25, -0.2) is 9.18 Å². The number of amides is 1. The summed E-state index contributed by atoms with van der Waals surface area (Å²) in [6.07, 6.45) is 1.26. The van der Waals surface area contributed by atoms with Gasteiger partial charge < -0.3 is 10.4 Å². The van der Waals surface area contributed by atoms with E-state index in [1.807, 2.05) is 6.92 Å². The number of carbonyl (C=O) groups is 2. The Morgan fingerprint density at radius 1 is 1.33 bits per heavy atom. The number of carboxylic acid groups (broad SMARTS) is 1. The lowest BCUT2D eigenvalue weighted by Gasteiger charge is -2.22. The summed E-state index contributed by atoms with van der Waals surface area (Å²) < 4.78 is 13.5. The van der Waals surface area contributed by atoms with E-state index in [1.165, 1.54) is 6.07 Å². The van der Waals surface area contributed by atoms with Crippen LogP contribution in [-0.4, -0.2) is 17.0 Å². The summed E-state index contributed by atoms with van der Waals surface area (Å²) in [6, 6.07) is 3.56. The minimum absolute atomic E-state index is 0.148. The van der Waals surface area contributed by atoms with E-state index in [9.17, 15) is 14.0 Å². The second kappa shape index (κ2) is 6.70. The average Bonchev–Trinajstić information content (AvgIpc) is 2.24. The summed E-state index contributed by atoms with van der Waals surface area (Å²) in [6.45, 7) is 8.34. The fraction of sp³-hybridized carbons (Fsp3) is 0.500. The molecule has 1 aromatic rings. The highest BCUT2D eigenvalue weighted by molar-refractivity contribution is 5.92. The molecule has 0 spiro atoms. The number of hydrogen-bond donors (Lipinski definition) is 2. The first kappa shape index (κ1) is 17.1. The third-order valence-corrected chi connectivity index (χ3v) is 2.98. The normalized spacial score (nSPS) is 12.8. The molecule has 0 aliphatic carbocycles. The van der Waals surface area contributed by atoms with Gasteiger partial charge in [0, 0.05) is 12.1 Å². The lowest BCUT2D eigenvalue weighted by atomic mass is 9.84. The highest BCUT2D eigenvalue weighted by atomic mass is 19.1. The van der Waals surface area contributed by atoms with Crippen molar-refractivity contribution in [3.05, 3.63) is 29.6 Å². The van der Waals surface area contributed by atoms with Crippen LogP contribution in [0.5, 0.6) is 0 Å². The van der Waals surface area contributed by atoms with E-state index in [0.29, 0.717) is 6.42 Å². The summed E-state index contributed by atoms with van der Waals surface area (Å²) >= 11 is 0. The van der Waals surface area contributed by atoms with Gasteiger partial charge in [-0.1, -0.05) is 27.7 Å². The monoisotopic (exact) mass is 295 g/mol. The van der Waals surface area contributed by atoms with Gasteiger partial charge in [0.2, 0.25) is 5.91 Å². The van der Waals surface area contributed by atoms with Gasteiger partial charge in [0.25, 0.3) is 0 Å². The number of nitrogens with one attached hydrogen (secondary N) is 1. The fourth-order valence-electron chi connectivity index (χ4n) is 2.41. The Morgan fingerprint density at radius 3 is 2.43 bits per heavy atom. The molecule has 116 valence electrons. The molecule has 0 fully saturated rings. The Bertz CT molecular complexity index is 535. The first-order valence-corrected chi connectivity index (χ1v) is 6.91. The average molecular weight is 295 g/mol. The van der Waals surface area contributed by atoms with E-state index >= 15 is 0 Å². The molecule has 5 heteroatoms. The molecular weight excluding hydrogens is 273 g/mol. The van der Waals surface area contributed by atoms with Gasteiger partial charge in [0.15, 0.2) is 0 Å². The molecule has 1 aromatic carbocycles. The zero-order chi connectivity index (χ0) is 16.2. The van der Waals surface area contributed by atoms with Crippen LogP contribution in [0.25, 0.3) is 0 Å². The second-order valence-corrected chi connectivity index (χ2v) is 6.62. The molecule has 2 N–H and O–H groups in total. The van der Waals surface area contributed by atoms with E-state index in [1.54, 1.807) is 0 Å². The van der Waals surface area contributed by atoms with Gasteiger partial charge in [0.1, 0.15) is 5.82 Å². The molecule has 0 bridgehead atoms. The van der Waals surface area contributed by atoms with Gasteiger partial charge in [-0.3, -0.25) is 4.79 Å². The van der Waals surface area contributed by atoms with E-state index in [0.717, 1.165) is 18.6 Å². The molecular formula is C16H22FNO3. The fourth-order valence-corrected chi connectivity index (χ4v) is 2.41. The zero-order valence-corrected chi connectivity index (χ0v) is 12.9. The van der Waals surface area contributed by atoms with Crippen molar-refractivity contribution >= 4 is 17.6 Å². The first-order chi connectivity index (χ1) is 9.58. The van der Waals surface area contributed by atoms with Gasteiger partial charge in [-0.2, -0.15) is 0 Å². The molecule has 0 radical (unpaired) electrons. The standard InChI is InChI=1S/C16H22FNO3/c1-10(9-16(2,3)4)7-14(19)18-11-5-6-12(15(20)21)13(17)8-11/h5-6,8,10H,7,9H2,1-4H3,(H,18,19)(H,20,21). The van der Waals surface area contributed by atoms with Crippen LogP contribution in [0, 0.1) is 17.2 Å².